The maximum Gasteiger partial charge on any atom is 0.410 e. The maximum absolute atomic E-state index is 11.9. The summed E-state index contributed by atoms with van der Waals surface area (Å²) in [5, 5.41) is 7.40. The van der Waals surface area contributed by atoms with Gasteiger partial charge >= 0.3 is 6.09 Å². The lowest BCUT2D eigenvalue weighted by Crippen LogP contribution is -2.41. The summed E-state index contributed by atoms with van der Waals surface area (Å²) in [4.78, 5) is 13.5. The number of ether oxygens (including phenoxy) is 1. The Morgan fingerprint density at radius 2 is 1.95 bits per heavy atom. The van der Waals surface area contributed by atoms with Gasteiger partial charge in [0.1, 0.15) is 6.61 Å². The van der Waals surface area contributed by atoms with Crippen molar-refractivity contribution in [2.75, 3.05) is 13.1 Å². The molecular weight excluding hydrogens is 242 g/mol. The SMILES string of the molecule is N=C(N)C1CCN(C(=O)OCc2ccccc2)CC1. The van der Waals surface area contributed by atoms with E-state index in [-0.39, 0.29) is 17.8 Å². The van der Waals surface area contributed by atoms with Gasteiger partial charge in [-0.2, -0.15) is 0 Å². The molecule has 1 amide bonds. The highest BCUT2D eigenvalue weighted by atomic mass is 16.6. The molecule has 0 unspecified atom stereocenters. The van der Waals surface area contributed by atoms with Gasteiger partial charge in [0.25, 0.3) is 0 Å². The zero-order chi connectivity index (χ0) is 13.7. The lowest BCUT2D eigenvalue weighted by atomic mass is 9.96. The number of carbonyl (C=O) groups excluding carboxylic acids is 1. The summed E-state index contributed by atoms with van der Waals surface area (Å²) in [7, 11) is 0. The van der Waals surface area contributed by atoms with E-state index in [4.69, 9.17) is 15.9 Å². The van der Waals surface area contributed by atoms with E-state index in [9.17, 15) is 4.79 Å². The van der Waals surface area contributed by atoms with E-state index >= 15 is 0 Å². The van der Waals surface area contributed by atoms with Gasteiger partial charge in [-0.1, -0.05) is 30.3 Å². The number of amides is 1. The molecule has 1 saturated heterocycles. The van der Waals surface area contributed by atoms with Crippen molar-refractivity contribution in [1.29, 1.82) is 5.41 Å². The van der Waals surface area contributed by atoms with Gasteiger partial charge in [0.15, 0.2) is 0 Å². The summed E-state index contributed by atoms with van der Waals surface area (Å²) in [5.41, 5.74) is 6.45. The number of hydrogen-bond acceptors (Lipinski definition) is 3. The molecule has 102 valence electrons. The number of likely N-dealkylation sites (tertiary alicyclic amines) is 1. The molecule has 0 aliphatic carbocycles. The van der Waals surface area contributed by atoms with Crippen LogP contribution in [0.15, 0.2) is 30.3 Å². The molecule has 1 aliphatic rings. The first kappa shape index (κ1) is 13.4. The first-order valence-electron chi connectivity index (χ1n) is 6.46. The minimum Gasteiger partial charge on any atom is -0.445 e. The van der Waals surface area contributed by atoms with E-state index < -0.39 is 0 Å². The molecule has 1 aromatic carbocycles. The third-order valence-corrected chi connectivity index (χ3v) is 3.40. The lowest BCUT2D eigenvalue weighted by Gasteiger charge is -2.30. The molecule has 0 bridgehead atoms. The quantitative estimate of drug-likeness (QED) is 0.645. The van der Waals surface area contributed by atoms with E-state index in [1.54, 1.807) is 4.90 Å². The predicted molar refractivity (Wildman–Crippen MR) is 72.8 cm³/mol. The predicted octanol–water partition coefficient (Wildman–Crippen LogP) is 1.97. The van der Waals surface area contributed by atoms with Crippen LogP contribution in [0, 0.1) is 11.3 Å². The zero-order valence-corrected chi connectivity index (χ0v) is 10.8. The average molecular weight is 261 g/mol. The van der Waals surface area contributed by atoms with Crippen molar-refractivity contribution in [2.24, 2.45) is 11.7 Å². The second-order valence-corrected chi connectivity index (χ2v) is 4.76. The van der Waals surface area contributed by atoms with Gasteiger partial charge in [0, 0.05) is 19.0 Å². The Labute approximate surface area is 112 Å². The fourth-order valence-electron chi connectivity index (χ4n) is 2.18. The van der Waals surface area contributed by atoms with Gasteiger partial charge in [0.2, 0.25) is 0 Å². The maximum atomic E-state index is 11.9. The normalized spacial score (nSPS) is 16.1. The summed E-state index contributed by atoms with van der Waals surface area (Å²) in [6.07, 6.45) is 1.21. The summed E-state index contributed by atoms with van der Waals surface area (Å²) >= 11 is 0. The second kappa shape index (κ2) is 6.22. The molecule has 1 fully saturated rings. The van der Waals surface area contributed by atoms with Crippen LogP contribution in [0.1, 0.15) is 18.4 Å². The molecule has 0 aromatic heterocycles. The molecule has 0 radical (unpaired) electrons. The highest BCUT2D eigenvalue weighted by Crippen LogP contribution is 2.17. The Bertz CT molecular complexity index is 439. The number of nitrogens with one attached hydrogen (secondary N) is 1. The van der Waals surface area contributed by atoms with Crippen LogP contribution in [0.4, 0.5) is 4.79 Å². The third kappa shape index (κ3) is 3.71. The molecule has 0 spiro atoms. The number of benzene rings is 1. The monoisotopic (exact) mass is 261 g/mol. The highest BCUT2D eigenvalue weighted by molar-refractivity contribution is 5.80. The summed E-state index contributed by atoms with van der Waals surface area (Å²) in [6.45, 7) is 1.52. The molecule has 5 heteroatoms. The van der Waals surface area contributed by atoms with E-state index in [0.29, 0.717) is 19.7 Å². The second-order valence-electron chi connectivity index (χ2n) is 4.76. The fourth-order valence-corrected chi connectivity index (χ4v) is 2.18. The van der Waals surface area contributed by atoms with Crippen LogP contribution in [0.5, 0.6) is 0 Å². The van der Waals surface area contributed by atoms with Crippen LogP contribution in [0.3, 0.4) is 0 Å². The first-order chi connectivity index (χ1) is 9.16. The standard InChI is InChI=1S/C14H19N3O2/c15-13(16)12-6-8-17(9-7-12)14(18)19-10-11-4-2-1-3-5-11/h1-5,12H,6-10H2,(H3,15,16). The molecule has 1 aliphatic heterocycles. The molecule has 3 N–H and O–H groups in total. The van der Waals surface area contributed by atoms with Crippen LogP contribution >= 0.6 is 0 Å². The van der Waals surface area contributed by atoms with Crippen LogP contribution in [0.25, 0.3) is 0 Å². The van der Waals surface area contributed by atoms with Crippen molar-refractivity contribution < 1.29 is 9.53 Å². The van der Waals surface area contributed by atoms with Crippen molar-refractivity contribution in [2.45, 2.75) is 19.4 Å². The van der Waals surface area contributed by atoms with Crippen LogP contribution < -0.4 is 5.73 Å². The summed E-state index contributed by atoms with van der Waals surface area (Å²) < 4.78 is 5.27. The number of carbonyl (C=O) groups is 1. The van der Waals surface area contributed by atoms with Gasteiger partial charge in [0.05, 0.1) is 5.84 Å². The zero-order valence-electron chi connectivity index (χ0n) is 10.8. The van der Waals surface area contributed by atoms with Gasteiger partial charge in [-0.05, 0) is 18.4 Å². The molecule has 0 atom stereocenters. The molecule has 19 heavy (non-hydrogen) atoms. The smallest absolute Gasteiger partial charge is 0.410 e. The van der Waals surface area contributed by atoms with Crippen LogP contribution in [-0.4, -0.2) is 29.9 Å². The lowest BCUT2D eigenvalue weighted by molar-refractivity contribution is 0.0863. The fraction of sp³-hybridized carbons (Fsp3) is 0.429. The van der Waals surface area contributed by atoms with Crippen LogP contribution in [-0.2, 0) is 11.3 Å². The number of rotatable bonds is 3. The average Bonchev–Trinajstić information content (AvgIpc) is 2.46. The van der Waals surface area contributed by atoms with Gasteiger partial charge in [-0.15, -0.1) is 0 Å². The van der Waals surface area contributed by atoms with Crippen LogP contribution in [0.2, 0.25) is 0 Å². The number of nitrogens with two attached hydrogens (primary N) is 1. The van der Waals surface area contributed by atoms with E-state index in [1.165, 1.54) is 0 Å². The van der Waals surface area contributed by atoms with Gasteiger partial charge in [-0.25, -0.2) is 4.79 Å². The number of amidine groups is 1. The van der Waals surface area contributed by atoms with E-state index in [1.807, 2.05) is 30.3 Å². The summed E-state index contributed by atoms with van der Waals surface area (Å²) in [6, 6.07) is 9.62. The van der Waals surface area contributed by atoms with Crippen molar-refractivity contribution in [3.63, 3.8) is 0 Å². The Morgan fingerprint density at radius 3 is 2.53 bits per heavy atom. The third-order valence-electron chi connectivity index (χ3n) is 3.40. The van der Waals surface area contributed by atoms with Gasteiger partial charge in [-0.3, -0.25) is 5.41 Å². The Kier molecular flexibility index (Phi) is 4.39. The Hall–Kier alpha value is -2.04. The minimum absolute atomic E-state index is 0.109. The van der Waals surface area contributed by atoms with Gasteiger partial charge < -0.3 is 15.4 Å². The topological polar surface area (TPSA) is 79.4 Å². The summed E-state index contributed by atoms with van der Waals surface area (Å²) in [5.74, 6) is 0.329. The number of nitrogens with zero attached hydrogens (tertiary/aromatic N) is 1. The van der Waals surface area contributed by atoms with Crippen molar-refractivity contribution in [3.8, 4) is 0 Å². The minimum atomic E-state index is -0.286. The first-order valence-corrected chi connectivity index (χ1v) is 6.46. The largest absolute Gasteiger partial charge is 0.445 e. The van der Waals surface area contributed by atoms with E-state index in [0.717, 1.165) is 18.4 Å². The van der Waals surface area contributed by atoms with Crippen molar-refractivity contribution in [1.82, 2.24) is 4.90 Å². The molecule has 1 aromatic rings. The number of hydrogen-bond donors (Lipinski definition) is 2. The van der Waals surface area contributed by atoms with Crippen molar-refractivity contribution >= 4 is 11.9 Å². The molecule has 0 saturated carbocycles. The Morgan fingerprint density at radius 1 is 1.32 bits per heavy atom. The van der Waals surface area contributed by atoms with E-state index in [2.05, 4.69) is 0 Å². The van der Waals surface area contributed by atoms with Crippen molar-refractivity contribution in [3.05, 3.63) is 35.9 Å². The Balaban J connectivity index is 1.77. The molecule has 5 nitrogen and oxygen atoms in total. The highest BCUT2D eigenvalue weighted by Gasteiger charge is 2.25. The molecular formula is C14H19N3O2. The number of piperidine rings is 1. The molecule has 1 heterocycles. The molecule has 2 rings (SSSR count).